The summed E-state index contributed by atoms with van der Waals surface area (Å²) in [6, 6.07) is 10.1. The summed E-state index contributed by atoms with van der Waals surface area (Å²) >= 11 is 6.51. The summed E-state index contributed by atoms with van der Waals surface area (Å²) in [6.45, 7) is 10.3. The number of halogens is 1. The van der Waals surface area contributed by atoms with Gasteiger partial charge in [0.15, 0.2) is 11.6 Å². The number of nitrogens with one attached hydrogen (secondary N) is 1. The second kappa shape index (κ2) is 16.5. The van der Waals surface area contributed by atoms with Crippen LogP contribution in [0.15, 0.2) is 42.5 Å². The number of benzene rings is 1. The first-order valence-electron chi connectivity index (χ1n) is 20.5. The number of aromatic nitrogens is 1. The van der Waals surface area contributed by atoms with E-state index >= 15 is 0 Å². The number of hydrogen-bond acceptors (Lipinski definition) is 11. The highest BCUT2D eigenvalue weighted by Gasteiger charge is 2.50. The van der Waals surface area contributed by atoms with Gasteiger partial charge in [-0.05, 0) is 98.1 Å². The van der Waals surface area contributed by atoms with Crippen LogP contribution in [0, 0.1) is 17.8 Å². The number of hydrogen-bond donors (Lipinski definition) is 1. The molecule has 1 amide bonds. The van der Waals surface area contributed by atoms with Crippen LogP contribution in [0.2, 0.25) is 5.02 Å². The smallest absolute Gasteiger partial charge is 0.283 e. The van der Waals surface area contributed by atoms with E-state index in [-0.39, 0.29) is 41.9 Å². The number of pyridine rings is 1. The van der Waals surface area contributed by atoms with Gasteiger partial charge in [0.05, 0.1) is 31.1 Å². The maximum Gasteiger partial charge on any atom is 0.283 e. The van der Waals surface area contributed by atoms with Crippen molar-refractivity contribution < 1.29 is 32.2 Å². The molecule has 0 radical (unpaired) electrons. The molecule has 306 valence electrons. The Bertz CT molecular complexity index is 1890. The maximum atomic E-state index is 14.0. The lowest BCUT2D eigenvalue weighted by atomic mass is 9.63. The van der Waals surface area contributed by atoms with Crippen LogP contribution in [0.25, 0.3) is 0 Å². The van der Waals surface area contributed by atoms with Crippen molar-refractivity contribution in [3.63, 3.8) is 0 Å². The van der Waals surface area contributed by atoms with E-state index in [1.165, 1.54) is 11.1 Å². The topological polar surface area (TPSA) is 123 Å². The molecule has 12 nitrogen and oxygen atoms in total. The quantitative estimate of drug-likeness (QED) is 0.392. The first-order chi connectivity index (χ1) is 27.0. The van der Waals surface area contributed by atoms with Crippen molar-refractivity contribution >= 4 is 33.3 Å². The van der Waals surface area contributed by atoms with E-state index in [0.29, 0.717) is 43.7 Å². The average Bonchev–Trinajstić information content (AvgIpc) is 3.29. The number of fused-ring (bicyclic) bond motifs is 4. The normalized spacial score (nSPS) is 33.2. The van der Waals surface area contributed by atoms with E-state index in [9.17, 15) is 13.2 Å². The lowest BCUT2D eigenvalue weighted by Crippen LogP contribution is -2.61. The molecule has 5 heterocycles. The Kier molecular flexibility index (Phi) is 11.8. The fourth-order valence-corrected chi connectivity index (χ4v) is 12.2. The number of nitrogens with zero attached hydrogens (tertiary/aromatic N) is 4. The van der Waals surface area contributed by atoms with Crippen molar-refractivity contribution in [2.75, 3.05) is 91.4 Å². The molecule has 6 aliphatic rings. The van der Waals surface area contributed by atoms with Gasteiger partial charge >= 0.3 is 0 Å². The number of amides is 1. The maximum absolute atomic E-state index is 14.0. The van der Waals surface area contributed by atoms with Gasteiger partial charge in [0, 0.05) is 77.1 Å². The van der Waals surface area contributed by atoms with Crippen LogP contribution in [0.3, 0.4) is 0 Å². The Morgan fingerprint density at radius 3 is 2.62 bits per heavy atom. The second-order valence-electron chi connectivity index (χ2n) is 17.1. The van der Waals surface area contributed by atoms with Crippen molar-refractivity contribution in [2.45, 2.75) is 74.2 Å². The lowest BCUT2D eigenvalue weighted by molar-refractivity contribution is -0.107. The zero-order chi connectivity index (χ0) is 39.1. The molecule has 56 heavy (non-hydrogen) atoms. The van der Waals surface area contributed by atoms with E-state index < -0.39 is 26.8 Å². The number of ether oxygens (including phenoxy) is 4. The highest BCUT2D eigenvalue weighted by Crippen LogP contribution is 2.49. The Morgan fingerprint density at radius 2 is 1.91 bits per heavy atom. The molecule has 14 heteroatoms. The zero-order valence-electron chi connectivity index (χ0n) is 33.1. The minimum absolute atomic E-state index is 0.0434. The summed E-state index contributed by atoms with van der Waals surface area (Å²) < 4.78 is 54.7. The van der Waals surface area contributed by atoms with Gasteiger partial charge in [-0.2, -0.15) is 0 Å². The zero-order valence-corrected chi connectivity index (χ0v) is 34.7. The molecule has 2 bridgehead atoms. The summed E-state index contributed by atoms with van der Waals surface area (Å²) in [5.74, 6) is 0.622. The molecule has 1 aromatic carbocycles. The first kappa shape index (κ1) is 40.0. The SMILES string of the molecule is COCC[C@@H]1[C@@H](C)C/C=C\[C@](CN2CCN(C3COC3)CC2)(OC)[C@@H]2CC[C@H]2CN2C[C@@]3(CCCc4cc(Cl)ccc43)COc3ccc(nc32)C(=O)NS1(=O)=O. The van der Waals surface area contributed by atoms with Crippen molar-refractivity contribution in [1.82, 2.24) is 19.5 Å². The number of methoxy groups -OCH3 is 2. The molecular formula is C42H58ClN5O7S. The van der Waals surface area contributed by atoms with Gasteiger partial charge in [-0.1, -0.05) is 36.7 Å². The molecule has 1 aromatic heterocycles. The van der Waals surface area contributed by atoms with Crippen molar-refractivity contribution in [1.29, 1.82) is 0 Å². The molecule has 1 N–H and O–H groups in total. The van der Waals surface area contributed by atoms with Crippen molar-refractivity contribution in [3.05, 3.63) is 64.3 Å². The third kappa shape index (κ3) is 7.86. The van der Waals surface area contributed by atoms with Gasteiger partial charge in [-0.3, -0.25) is 14.6 Å². The van der Waals surface area contributed by atoms with Crippen LogP contribution < -0.4 is 14.4 Å². The predicted octanol–water partition coefficient (Wildman–Crippen LogP) is 4.70. The van der Waals surface area contributed by atoms with E-state index in [1.54, 1.807) is 19.2 Å². The summed E-state index contributed by atoms with van der Waals surface area (Å²) in [5.41, 5.74) is 1.64. The van der Waals surface area contributed by atoms with Crippen LogP contribution in [0.1, 0.15) is 67.1 Å². The highest BCUT2D eigenvalue weighted by molar-refractivity contribution is 7.90. The molecule has 3 fully saturated rings. The number of anilines is 1. The van der Waals surface area contributed by atoms with Gasteiger partial charge < -0.3 is 23.8 Å². The van der Waals surface area contributed by atoms with Gasteiger partial charge in [0.2, 0.25) is 10.0 Å². The van der Waals surface area contributed by atoms with Gasteiger partial charge in [0.1, 0.15) is 11.3 Å². The molecule has 2 saturated heterocycles. The van der Waals surface area contributed by atoms with Crippen molar-refractivity contribution in [3.8, 4) is 5.75 Å². The molecule has 2 aromatic rings. The Morgan fingerprint density at radius 1 is 1.09 bits per heavy atom. The third-order valence-corrected chi connectivity index (χ3v) is 16.0. The van der Waals surface area contributed by atoms with Crippen molar-refractivity contribution in [2.24, 2.45) is 17.8 Å². The van der Waals surface area contributed by atoms with Crippen LogP contribution >= 0.6 is 11.6 Å². The van der Waals surface area contributed by atoms with Gasteiger partial charge in [0.25, 0.3) is 5.91 Å². The lowest BCUT2D eigenvalue weighted by Gasteiger charge is -2.52. The second-order valence-corrected chi connectivity index (χ2v) is 19.5. The number of allylic oxidation sites excluding steroid dienone is 1. The fraction of sp³-hybridized carbons (Fsp3) is 0.667. The van der Waals surface area contributed by atoms with Crippen LogP contribution in [0.5, 0.6) is 5.75 Å². The molecule has 4 aliphatic heterocycles. The minimum atomic E-state index is -4.11. The first-order valence-corrected chi connectivity index (χ1v) is 22.4. The summed E-state index contributed by atoms with van der Waals surface area (Å²) in [6.07, 6.45) is 10.1. The number of rotatable bonds is 7. The van der Waals surface area contributed by atoms with Crippen LogP contribution in [-0.4, -0.2) is 132 Å². The summed E-state index contributed by atoms with van der Waals surface area (Å²) in [7, 11) is -0.707. The Balaban J connectivity index is 1.18. The number of carbonyl (C=O) groups is 1. The van der Waals surface area contributed by atoms with E-state index in [4.69, 9.17) is 35.5 Å². The molecular weight excluding hydrogens is 754 g/mol. The predicted molar refractivity (Wildman–Crippen MR) is 216 cm³/mol. The summed E-state index contributed by atoms with van der Waals surface area (Å²) in [5, 5.41) is -0.129. The number of piperazine rings is 1. The van der Waals surface area contributed by atoms with E-state index in [2.05, 4.69) is 43.7 Å². The number of carbonyl (C=O) groups excluding carboxylic acids is 1. The molecule has 2 aliphatic carbocycles. The molecule has 1 saturated carbocycles. The Hall–Kier alpha value is -2.78. The third-order valence-electron chi connectivity index (χ3n) is 13.8. The standard InChI is InChI=1S/C42H58ClN5O7S/c1-29-6-4-16-42(53-3,27-46-17-19-47(20-18-46)33-24-54-25-33)35-10-8-31(35)23-48-26-41(15-5-7-30-22-32(43)9-11-34(30)41)28-55-37-13-12-36(44-39(37)48)40(49)45-56(50,51)38(29)14-21-52-2/h4,9,11-13,16,22,29,31,33,35,38H,5-8,10,14-15,17-21,23-28H2,1-3H3,(H,45,49)/b16-4-/t29-,31-,35+,38+,41-,42+/m0/s1. The largest absolute Gasteiger partial charge is 0.489 e. The van der Waals surface area contributed by atoms with Gasteiger partial charge in [-0.15, -0.1) is 0 Å². The minimum Gasteiger partial charge on any atom is -0.489 e. The highest BCUT2D eigenvalue weighted by atomic mass is 35.5. The molecule has 0 unspecified atom stereocenters. The van der Waals surface area contributed by atoms with E-state index in [1.807, 2.05) is 20.1 Å². The number of sulfonamides is 1. The molecule has 1 spiro atoms. The number of aryl methyl sites for hydroxylation is 1. The van der Waals surface area contributed by atoms with E-state index in [0.717, 1.165) is 83.1 Å². The molecule has 8 rings (SSSR count). The fourth-order valence-electron chi connectivity index (χ4n) is 10.3. The monoisotopic (exact) mass is 811 g/mol. The summed E-state index contributed by atoms with van der Waals surface area (Å²) in [4.78, 5) is 26.2. The average molecular weight is 812 g/mol. The molecule has 6 atom stereocenters. The Labute approximate surface area is 337 Å². The van der Waals surface area contributed by atoms with Gasteiger partial charge in [-0.25, -0.2) is 18.1 Å². The van der Waals surface area contributed by atoms with Crippen LogP contribution in [-0.2, 0) is 36.1 Å². The van der Waals surface area contributed by atoms with Crippen LogP contribution in [0.4, 0.5) is 5.82 Å².